The Balaban J connectivity index is 2.43. The lowest BCUT2D eigenvalue weighted by Crippen LogP contribution is -2.48. The van der Waals surface area contributed by atoms with Gasteiger partial charge in [-0.2, -0.15) is 0 Å². The van der Waals surface area contributed by atoms with Gasteiger partial charge in [-0.25, -0.2) is 0 Å². The van der Waals surface area contributed by atoms with E-state index in [1.165, 1.54) is 0 Å². The highest BCUT2D eigenvalue weighted by Gasteiger charge is 2.26. The van der Waals surface area contributed by atoms with Crippen molar-refractivity contribution in [2.45, 2.75) is 26.0 Å². The fourth-order valence-electron chi connectivity index (χ4n) is 2.23. The molecule has 18 heavy (non-hydrogen) atoms. The molecular weight excluding hydrogens is 268 g/mol. The molecule has 0 aromatic heterocycles. The Bertz CT molecular complexity index is 466. The smallest absolute Gasteiger partial charge is 0.107 e. The summed E-state index contributed by atoms with van der Waals surface area (Å²) in [6.07, 6.45) is 0.194. The largest absolute Gasteiger partial charge is 0.389 e. The minimum absolute atomic E-state index is 0.194. The Morgan fingerprint density at radius 2 is 2.22 bits per heavy atom. The first-order valence-corrected chi connectivity index (χ1v) is 6.76. The maximum Gasteiger partial charge on any atom is 0.107 e. The Hall–Kier alpha value is -0.840. The van der Waals surface area contributed by atoms with E-state index in [1.807, 2.05) is 18.2 Å². The Kier molecular flexibility index (Phi) is 4.10. The van der Waals surface area contributed by atoms with Gasteiger partial charge in [0, 0.05) is 18.3 Å². The van der Waals surface area contributed by atoms with Crippen molar-refractivity contribution in [1.29, 1.82) is 0 Å². The highest BCUT2D eigenvalue weighted by Crippen LogP contribution is 2.30. The minimum Gasteiger partial charge on any atom is -0.389 e. The normalized spacial score (nSPS) is 24.1. The predicted molar refractivity (Wildman–Crippen MR) is 79.6 cm³/mol. The second kappa shape index (κ2) is 5.43. The van der Waals surface area contributed by atoms with Crippen LogP contribution in [0.1, 0.15) is 19.4 Å². The summed E-state index contributed by atoms with van der Waals surface area (Å²) in [7, 11) is 0. The number of anilines is 1. The number of ether oxygens (including phenoxy) is 1. The zero-order valence-corrected chi connectivity index (χ0v) is 12.1. The van der Waals surface area contributed by atoms with Crippen molar-refractivity contribution < 1.29 is 4.74 Å². The van der Waals surface area contributed by atoms with E-state index in [4.69, 9.17) is 34.3 Å². The van der Waals surface area contributed by atoms with Gasteiger partial charge < -0.3 is 15.4 Å². The van der Waals surface area contributed by atoms with Crippen LogP contribution in [0.25, 0.3) is 0 Å². The molecule has 3 nitrogen and oxygen atoms in total. The average Bonchev–Trinajstić information content (AvgIpc) is 2.31. The lowest BCUT2D eigenvalue weighted by Gasteiger charge is -2.39. The summed E-state index contributed by atoms with van der Waals surface area (Å²) in [5, 5.41) is 0.603. The van der Waals surface area contributed by atoms with Crippen molar-refractivity contribution in [2.24, 2.45) is 5.73 Å². The lowest BCUT2D eigenvalue weighted by atomic mass is 10.1. The molecule has 2 N–H and O–H groups in total. The highest BCUT2D eigenvalue weighted by molar-refractivity contribution is 7.80. The van der Waals surface area contributed by atoms with Gasteiger partial charge in [-0.15, -0.1) is 0 Å². The number of hydrogen-bond acceptors (Lipinski definition) is 3. The third kappa shape index (κ3) is 2.60. The number of rotatable bonds is 2. The molecule has 1 fully saturated rings. The summed E-state index contributed by atoms with van der Waals surface area (Å²) in [5.41, 5.74) is 7.55. The third-order valence-electron chi connectivity index (χ3n) is 3.16. The summed E-state index contributed by atoms with van der Waals surface area (Å²) in [6, 6.07) is 6.03. The van der Waals surface area contributed by atoms with Crippen LogP contribution in [0.3, 0.4) is 0 Å². The van der Waals surface area contributed by atoms with Gasteiger partial charge in [0.25, 0.3) is 0 Å². The van der Waals surface area contributed by atoms with E-state index in [0.717, 1.165) is 17.8 Å². The number of thiocarbonyl (C=S) groups is 1. The molecule has 98 valence electrons. The molecule has 2 rings (SSSR count). The molecule has 5 heteroatoms. The van der Waals surface area contributed by atoms with Gasteiger partial charge in [0.15, 0.2) is 0 Å². The molecule has 1 heterocycles. The topological polar surface area (TPSA) is 38.5 Å². The van der Waals surface area contributed by atoms with E-state index in [2.05, 4.69) is 18.7 Å². The fraction of sp³-hybridized carbons (Fsp3) is 0.462. The van der Waals surface area contributed by atoms with Crippen molar-refractivity contribution in [3.05, 3.63) is 28.8 Å². The first-order valence-electron chi connectivity index (χ1n) is 5.97. The third-order valence-corrected chi connectivity index (χ3v) is 3.67. The van der Waals surface area contributed by atoms with E-state index in [9.17, 15) is 0 Å². The van der Waals surface area contributed by atoms with Crippen LogP contribution in [0.4, 0.5) is 5.69 Å². The number of hydrogen-bond donors (Lipinski definition) is 1. The first-order chi connectivity index (χ1) is 8.50. The molecule has 0 bridgehead atoms. The van der Waals surface area contributed by atoms with E-state index < -0.39 is 0 Å². The van der Waals surface area contributed by atoms with Gasteiger partial charge >= 0.3 is 0 Å². The molecular formula is C13H17ClN2OS. The summed E-state index contributed by atoms with van der Waals surface area (Å²) in [5.74, 6) is 0. The lowest BCUT2D eigenvalue weighted by molar-refractivity contribution is 0.0344. The van der Waals surface area contributed by atoms with Gasteiger partial charge in [-0.05, 0) is 26.0 Å². The van der Waals surface area contributed by atoms with Crippen LogP contribution in [0, 0.1) is 0 Å². The van der Waals surface area contributed by atoms with Crippen molar-refractivity contribution in [3.63, 3.8) is 0 Å². The maximum absolute atomic E-state index is 6.20. The zero-order chi connectivity index (χ0) is 13.3. The number of nitrogens with two attached hydrogens (primary N) is 1. The quantitative estimate of drug-likeness (QED) is 0.847. The van der Waals surface area contributed by atoms with Crippen LogP contribution in [0.15, 0.2) is 18.2 Å². The highest BCUT2D eigenvalue weighted by atomic mass is 35.5. The molecule has 0 saturated carbocycles. The van der Waals surface area contributed by atoms with Crippen LogP contribution >= 0.6 is 23.8 Å². The fourth-order valence-corrected chi connectivity index (χ4v) is 2.78. The molecule has 1 aliphatic heterocycles. The Labute approximate surface area is 118 Å². The summed E-state index contributed by atoms with van der Waals surface area (Å²) in [6.45, 7) is 5.70. The zero-order valence-electron chi connectivity index (χ0n) is 10.5. The molecule has 0 radical (unpaired) electrons. The molecule has 1 aliphatic rings. The van der Waals surface area contributed by atoms with Crippen molar-refractivity contribution in [3.8, 4) is 0 Å². The number of nitrogens with zero attached hydrogens (tertiary/aromatic N) is 1. The molecule has 1 aromatic rings. The van der Waals surface area contributed by atoms with Crippen LogP contribution in [-0.2, 0) is 4.74 Å². The van der Waals surface area contributed by atoms with Crippen molar-refractivity contribution in [2.75, 3.05) is 18.1 Å². The van der Waals surface area contributed by atoms with E-state index >= 15 is 0 Å². The van der Waals surface area contributed by atoms with E-state index in [1.54, 1.807) is 0 Å². The molecule has 0 aliphatic carbocycles. The SMILES string of the molecule is CC1CN(c2cccc(Cl)c2C(N)=S)C(C)CO1. The molecule has 1 saturated heterocycles. The molecule has 1 aromatic carbocycles. The van der Waals surface area contributed by atoms with Crippen molar-refractivity contribution >= 4 is 34.5 Å². The number of morpholine rings is 1. The van der Waals surface area contributed by atoms with Crippen LogP contribution < -0.4 is 10.6 Å². The molecule has 0 amide bonds. The van der Waals surface area contributed by atoms with Gasteiger partial charge in [0.2, 0.25) is 0 Å². The number of benzene rings is 1. The van der Waals surface area contributed by atoms with Crippen LogP contribution in [0.2, 0.25) is 5.02 Å². The summed E-state index contributed by atoms with van der Waals surface area (Å²) < 4.78 is 5.63. The minimum atomic E-state index is 0.194. The summed E-state index contributed by atoms with van der Waals surface area (Å²) >= 11 is 11.3. The van der Waals surface area contributed by atoms with E-state index in [0.29, 0.717) is 16.6 Å². The van der Waals surface area contributed by atoms with Crippen LogP contribution in [-0.4, -0.2) is 30.3 Å². The monoisotopic (exact) mass is 284 g/mol. The number of halogens is 1. The second-order valence-corrected chi connectivity index (χ2v) is 5.49. The first kappa shape index (κ1) is 13.6. The Morgan fingerprint density at radius 3 is 2.89 bits per heavy atom. The van der Waals surface area contributed by atoms with Gasteiger partial charge in [0.05, 0.1) is 23.3 Å². The average molecular weight is 285 g/mol. The van der Waals surface area contributed by atoms with Crippen molar-refractivity contribution in [1.82, 2.24) is 0 Å². The van der Waals surface area contributed by atoms with Gasteiger partial charge in [-0.3, -0.25) is 0 Å². The van der Waals surface area contributed by atoms with Gasteiger partial charge in [-0.1, -0.05) is 29.9 Å². The maximum atomic E-state index is 6.20. The second-order valence-electron chi connectivity index (χ2n) is 4.64. The Morgan fingerprint density at radius 1 is 1.50 bits per heavy atom. The summed E-state index contributed by atoms with van der Waals surface area (Å²) in [4.78, 5) is 2.59. The standard InChI is InChI=1S/C13H17ClN2OS/c1-8-7-17-9(2)6-16(8)11-5-3-4-10(14)12(11)13(15)18/h3-5,8-9H,6-7H2,1-2H3,(H2,15,18). The molecule has 2 unspecified atom stereocenters. The van der Waals surface area contributed by atoms with E-state index in [-0.39, 0.29) is 12.1 Å². The predicted octanol–water partition coefficient (Wildman–Crippen LogP) is 2.59. The molecule has 2 atom stereocenters. The van der Waals surface area contributed by atoms with Crippen LogP contribution in [0.5, 0.6) is 0 Å². The molecule has 0 spiro atoms. The van der Waals surface area contributed by atoms with Gasteiger partial charge in [0.1, 0.15) is 4.99 Å².